The highest BCUT2D eigenvalue weighted by Crippen LogP contribution is 2.66. The number of ether oxygens (including phenoxy) is 2. The molecule has 0 aromatic heterocycles. The number of likely N-dealkylation sites (tertiary alicyclic amines) is 1. The number of amides is 1. The standard InChI is InChI=1S/C30H32N2O5/c1-18-6-5-7-20(16-18)8-11-25(35)32(4)22-12-13-30(37-19(2)33)24-17-21-9-10-23(34)27-26(21)29(30,28(22)36-27)14-15-31(24)3/h5-7,9-10,16,22,24,28,34H,12-15,17H2,1-4H3/t22-,24+,28-,29-,30+/m0/s1. The fourth-order valence-electron chi connectivity index (χ4n) is 7.64. The number of benzene rings is 2. The predicted octanol–water partition coefficient (Wildman–Crippen LogP) is 2.93. The first-order chi connectivity index (χ1) is 17.7. The summed E-state index contributed by atoms with van der Waals surface area (Å²) in [6, 6.07) is 11.1. The minimum absolute atomic E-state index is 0.0117. The van der Waals surface area contributed by atoms with Crippen LogP contribution in [0.2, 0.25) is 0 Å². The molecule has 7 heteroatoms. The largest absolute Gasteiger partial charge is 0.504 e. The topological polar surface area (TPSA) is 79.3 Å². The van der Waals surface area contributed by atoms with Crippen molar-refractivity contribution in [1.82, 2.24) is 9.80 Å². The molecule has 1 N–H and O–H groups in total. The van der Waals surface area contributed by atoms with Gasteiger partial charge in [-0.2, -0.15) is 0 Å². The van der Waals surface area contributed by atoms with Crippen LogP contribution in [-0.2, 0) is 26.2 Å². The van der Waals surface area contributed by atoms with Gasteiger partial charge in [0.1, 0.15) is 11.7 Å². The minimum atomic E-state index is -0.795. The summed E-state index contributed by atoms with van der Waals surface area (Å²) in [4.78, 5) is 29.9. The van der Waals surface area contributed by atoms with Crippen LogP contribution < -0.4 is 4.74 Å². The number of hydrogen-bond acceptors (Lipinski definition) is 6. The Labute approximate surface area is 217 Å². The van der Waals surface area contributed by atoms with Gasteiger partial charge in [0, 0.05) is 31.0 Å². The number of phenolic OH excluding ortho intramolecular Hbond substituents is 1. The molecule has 0 unspecified atom stereocenters. The van der Waals surface area contributed by atoms with Crippen molar-refractivity contribution in [2.24, 2.45) is 0 Å². The number of phenols is 1. The molecule has 1 saturated carbocycles. The predicted molar refractivity (Wildman–Crippen MR) is 137 cm³/mol. The SMILES string of the molecule is CC(=O)O[C@@]12CC[C@H](N(C)C(=O)C#Cc3cccc(C)c3)[C@@H]3Oc4c(O)ccc5c4[C@@]31CCN(C)[C@@H]2C5. The van der Waals surface area contributed by atoms with Crippen LogP contribution >= 0.6 is 0 Å². The van der Waals surface area contributed by atoms with E-state index in [-0.39, 0.29) is 29.7 Å². The van der Waals surface area contributed by atoms with Gasteiger partial charge >= 0.3 is 5.97 Å². The van der Waals surface area contributed by atoms with Crippen LogP contribution in [0.5, 0.6) is 11.5 Å². The van der Waals surface area contributed by atoms with Gasteiger partial charge in [0.05, 0.1) is 17.5 Å². The fraction of sp³-hybridized carbons (Fsp3) is 0.467. The summed E-state index contributed by atoms with van der Waals surface area (Å²) in [7, 11) is 3.86. The van der Waals surface area contributed by atoms with Crippen molar-refractivity contribution in [3.8, 4) is 23.3 Å². The Morgan fingerprint density at radius 1 is 1.24 bits per heavy atom. The molecule has 192 valence electrons. The van der Waals surface area contributed by atoms with Gasteiger partial charge in [-0.1, -0.05) is 24.1 Å². The second-order valence-electron chi connectivity index (χ2n) is 11.0. The molecule has 1 amide bonds. The van der Waals surface area contributed by atoms with Crippen molar-refractivity contribution in [1.29, 1.82) is 0 Å². The first-order valence-electron chi connectivity index (χ1n) is 13.0. The normalized spacial score (nSPS) is 30.9. The van der Waals surface area contributed by atoms with Crippen LogP contribution in [0.4, 0.5) is 0 Å². The van der Waals surface area contributed by atoms with E-state index in [1.165, 1.54) is 6.92 Å². The quantitative estimate of drug-likeness (QED) is 0.505. The number of nitrogens with zero attached hydrogens (tertiary/aromatic N) is 2. The highest BCUT2D eigenvalue weighted by atomic mass is 16.6. The molecule has 37 heavy (non-hydrogen) atoms. The summed E-state index contributed by atoms with van der Waals surface area (Å²) < 4.78 is 13.0. The minimum Gasteiger partial charge on any atom is -0.504 e. The van der Waals surface area contributed by atoms with Crippen molar-refractivity contribution in [3.63, 3.8) is 0 Å². The van der Waals surface area contributed by atoms with E-state index in [4.69, 9.17) is 9.47 Å². The van der Waals surface area contributed by atoms with E-state index in [1.54, 1.807) is 18.0 Å². The molecule has 6 rings (SSSR count). The van der Waals surface area contributed by atoms with Crippen LogP contribution in [-0.4, -0.2) is 71.2 Å². The third-order valence-electron chi connectivity index (χ3n) is 9.13. The highest BCUT2D eigenvalue weighted by Gasteiger charge is 2.75. The van der Waals surface area contributed by atoms with Gasteiger partial charge in [0.2, 0.25) is 0 Å². The molecule has 2 heterocycles. The molecule has 5 atom stereocenters. The number of hydrogen-bond donors (Lipinski definition) is 1. The maximum absolute atomic E-state index is 13.3. The van der Waals surface area contributed by atoms with Gasteiger partial charge in [0.25, 0.3) is 5.91 Å². The van der Waals surface area contributed by atoms with E-state index in [9.17, 15) is 14.7 Å². The molecular weight excluding hydrogens is 468 g/mol. The molecular formula is C30H32N2O5. The molecule has 0 radical (unpaired) electrons. The second kappa shape index (κ2) is 8.26. The maximum atomic E-state index is 13.3. The molecule has 2 aromatic rings. The average Bonchev–Trinajstić information content (AvgIpc) is 3.21. The number of carbonyl (C=O) groups is 2. The van der Waals surface area contributed by atoms with Gasteiger partial charge in [-0.25, -0.2) is 0 Å². The first-order valence-corrected chi connectivity index (χ1v) is 13.0. The Kier molecular flexibility index (Phi) is 5.33. The highest BCUT2D eigenvalue weighted by molar-refractivity contribution is 5.94. The van der Waals surface area contributed by atoms with E-state index in [0.717, 1.165) is 28.8 Å². The lowest BCUT2D eigenvalue weighted by Gasteiger charge is -2.65. The molecule has 1 spiro atoms. The third kappa shape index (κ3) is 3.25. The Bertz CT molecular complexity index is 1380. The maximum Gasteiger partial charge on any atom is 0.303 e. The van der Waals surface area contributed by atoms with E-state index in [2.05, 4.69) is 23.8 Å². The van der Waals surface area contributed by atoms with E-state index >= 15 is 0 Å². The summed E-state index contributed by atoms with van der Waals surface area (Å²) >= 11 is 0. The van der Waals surface area contributed by atoms with Crippen LogP contribution in [0.3, 0.4) is 0 Å². The zero-order valence-corrected chi connectivity index (χ0v) is 21.7. The Hall–Kier alpha value is -3.50. The zero-order valence-electron chi connectivity index (χ0n) is 21.7. The van der Waals surface area contributed by atoms with Crippen LogP contribution in [0.15, 0.2) is 36.4 Å². The number of esters is 1. The van der Waals surface area contributed by atoms with E-state index < -0.39 is 17.1 Å². The van der Waals surface area contributed by atoms with Crippen molar-refractivity contribution in [3.05, 3.63) is 58.7 Å². The van der Waals surface area contributed by atoms with Crippen molar-refractivity contribution in [2.45, 2.75) is 68.7 Å². The van der Waals surface area contributed by atoms with Gasteiger partial charge in [0.15, 0.2) is 11.5 Å². The van der Waals surface area contributed by atoms with Crippen LogP contribution in [0, 0.1) is 18.8 Å². The molecule has 4 aliphatic rings. The lowest BCUT2D eigenvalue weighted by atomic mass is 9.48. The summed E-state index contributed by atoms with van der Waals surface area (Å²) in [5.74, 6) is 5.77. The zero-order chi connectivity index (χ0) is 26.1. The summed E-state index contributed by atoms with van der Waals surface area (Å²) in [5, 5.41) is 10.8. The molecule has 7 nitrogen and oxygen atoms in total. The van der Waals surface area contributed by atoms with Crippen molar-refractivity contribution < 1.29 is 24.2 Å². The van der Waals surface area contributed by atoms with Gasteiger partial charge < -0.3 is 19.5 Å². The Balaban J connectivity index is 1.44. The number of aryl methyl sites for hydroxylation is 1. The summed E-state index contributed by atoms with van der Waals surface area (Å²) in [6.07, 6.45) is 2.15. The summed E-state index contributed by atoms with van der Waals surface area (Å²) in [6.45, 7) is 4.26. The van der Waals surface area contributed by atoms with E-state index in [1.807, 2.05) is 37.3 Å². The third-order valence-corrected chi connectivity index (χ3v) is 9.13. The average molecular weight is 501 g/mol. The molecule has 2 aliphatic carbocycles. The number of carbonyl (C=O) groups excluding carboxylic acids is 2. The smallest absolute Gasteiger partial charge is 0.303 e. The molecule has 2 aromatic carbocycles. The van der Waals surface area contributed by atoms with Gasteiger partial charge in [-0.3, -0.25) is 14.5 Å². The van der Waals surface area contributed by atoms with Crippen LogP contribution in [0.1, 0.15) is 48.4 Å². The number of rotatable bonds is 2. The molecule has 2 aliphatic heterocycles. The Morgan fingerprint density at radius 2 is 2.05 bits per heavy atom. The van der Waals surface area contributed by atoms with Crippen LogP contribution in [0.25, 0.3) is 0 Å². The second-order valence-corrected chi connectivity index (χ2v) is 11.0. The van der Waals surface area contributed by atoms with Gasteiger partial charge in [-0.15, -0.1) is 0 Å². The van der Waals surface area contributed by atoms with E-state index in [0.29, 0.717) is 31.4 Å². The lowest BCUT2D eigenvalue weighted by Crippen LogP contribution is -2.78. The first kappa shape index (κ1) is 23.9. The summed E-state index contributed by atoms with van der Waals surface area (Å²) in [5.41, 5.74) is 2.50. The monoisotopic (exact) mass is 500 g/mol. The lowest BCUT2D eigenvalue weighted by molar-refractivity contribution is -0.220. The van der Waals surface area contributed by atoms with Crippen molar-refractivity contribution in [2.75, 3.05) is 20.6 Å². The number of piperidine rings is 1. The number of aromatic hydroxyl groups is 1. The molecule has 2 bridgehead atoms. The van der Waals surface area contributed by atoms with Crippen molar-refractivity contribution >= 4 is 11.9 Å². The fourth-order valence-corrected chi connectivity index (χ4v) is 7.64. The molecule has 1 saturated heterocycles. The van der Waals surface area contributed by atoms with Gasteiger partial charge in [-0.05, 0) is 75.5 Å². The molecule has 2 fully saturated rings. The Morgan fingerprint density at radius 3 is 2.81 bits per heavy atom. The number of likely N-dealkylation sites (N-methyl/N-ethyl adjacent to an activating group) is 2.